The van der Waals surface area contributed by atoms with E-state index in [0.717, 1.165) is 48.3 Å². The molecule has 0 spiro atoms. The highest BCUT2D eigenvalue weighted by Crippen LogP contribution is 2.38. The first-order chi connectivity index (χ1) is 14.1. The standard InChI is InChI=1S/C22H23NO5S.ClH/c1-26-21-11-17(10-18-19-12-23-7-5-20(19)28-22(18)21)29(24,25)16-4-2-3-14(9-16)15-6-8-27-13-15;/h2-4,9-11,15,23H,5-8,12-13H2,1H3;1H. The lowest BCUT2D eigenvalue weighted by Crippen LogP contribution is -2.22. The number of fused-ring (bicyclic) bond motifs is 3. The van der Waals surface area contributed by atoms with Crippen LogP contribution in [0.4, 0.5) is 0 Å². The Morgan fingerprint density at radius 2 is 2.03 bits per heavy atom. The van der Waals surface area contributed by atoms with Gasteiger partial charge in [0, 0.05) is 49.1 Å². The van der Waals surface area contributed by atoms with E-state index in [-0.39, 0.29) is 23.2 Å². The molecule has 2 aromatic carbocycles. The summed E-state index contributed by atoms with van der Waals surface area (Å²) in [7, 11) is -2.17. The Bertz CT molecular complexity index is 1180. The predicted octanol–water partition coefficient (Wildman–Crippen LogP) is 3.85. The third kappa shape index (κ3) is 3.50. The number of benzene rings is 2. The molecule has 0 bridgehead atoms. The molecular formula is C22H24ClNO5S. The number of nitrogens with one attached hydrogen (secondary N) is 1. The topological polar surface area (TPSA) is 77.8 Å². The lowest BCUT2D eigenvalue weighted by Gasteiger charge is -2.12. The van der Waals surface area contributed by atoms with Crippen LogP contribution in [0, 0.1) is 0 Å². The zero-order valence-corrected chi connectivity index (χ0v) is 18.3. The van der Waals surface area contributed by atoms with Crippen molar-refractivity contribution in [1.82, 2.24) is 5.32 Å². The summed E-state index contributed by atoms with van der Waals surface area (Å²) >= 11 is 0. The van der Waals surface area contributed by atoms with Crippen molar-refractivity contribution in [2.24, 2.45) is 0 Å². The van der Waals surface area contributed by atoms with Gasteiger partial charge >= 0.3 is 0 Å². The van der Waals surface area contributed by atoms with E-state index in [1.54, 1.807) is 30.3 Å². The molecule has 3 aromatic rings. The molecule has 30 heavy (non-hydrogen) atoms. The number of ether oxygens (including phenoxy) is 2. The molecular weight excluding hydrogens is 426 g/mol. The van der Waals surface area contributed by atoms with Gasteiger partial charge in [-0.05, 0) is 30.2 Å². The summed E-state index contributed by atoms with van der Waals surface area (Å²) in [5.41, 5.74) is 2.62. The highest BCUT2D eigenvalue weighted by Gasteiger charge is 2.26. The van der Waals surface area contributed by atoms with Crippen LogP contribution in [0.25, 0.3) is 11.0 Å². The van der Waals surface area contributed by atoms with Crippen LogP contribution >= 0.6 is 12.4 Å². The highest BCUT2D eigenvalue weighted by atomic mass is 35.5. The van der Waals surface area contributed by atoms with Gasteiger partial charge < -0.3 is 19.2 Å². The molecule has 0 aliphatic carbocycles. The molecule has 8 heteroatoms. The smallest absolute Gasteiger partial charge is 0.206 e. The molecule has 1 saturated heterocycles. The predicted molar refractivity (Wildman–Crippen MR) is 115 cm³/mol. The summed E-state index contributed by atoms with van der Waals surface area (Å²) in [6, 6.07) is 10.5. The van der Waals surface area contributed by atoms with Crippen LogP contribution in [-0.4, -0.2) is 35.3 Å². The molecule has 6 nitrogen and oxygen atoms in total. The number of hydrogen-bond donors (Lipinski definition) is 1. The zero-order chi connectivity index (χ0) is 20.0. The number of hydrogen-bond acceptors (Lipinski definition) is 6. The lowest BCUT2D eigenvalue weighted by molar-refractivity contribution is 0.194. The normalized spacial score (nSPS) is 18.8. The highest BCUT2D eigenvalue weighted by molar-refractivity contribution is 7.91. The van der Waals surface area contributed by atoms with Crippen molar-refractivity contribution in [3.63, 3.8) is 0 Å². The maximum absolute atomic E-state index is 13.5. The van der Waals surface area contributed by atoms with Crippen molar-refractivity contribution in [3.8, 4) is 5.75 Å². The second kappa shape index (κ2) is 8.23. The molecule has 0 amide bonds. The van der Waals surface area contributed by atoms with Crippen LogP contribution in [0.1, 0.15) is 29.2 Å². The first kappa shape index (κ1) is 21.2. The maximum atomic E-state index is 13.5. The molecule has 3 heterocycles. The van der Waals surface area contributed by atoms with Gasteiger partial charge in [0.1, 0.15) is 5.76 Å². The Morgan fingerprint density at radius 3 is 2.80 bits per heavy atom. The number of furan rings is 1. The third-order valence-corrected chi connectivity index (χ3v) is 7.58. The monoisotopic (exact) mass is 449 g/mol. The van der Waals surface area contributed by atoms with Crippen LogP contribution in [0.5, 0.6) is 5.75 Å². The summed E-state index contributed by atoms with van der Waals surface area (Å²) < 4.78 is 43.9. The van der Waals surface area contributed by atoms with E-state index in [2.05, 4.69) is 5.32 Å². The van der Waals surface area contributed by atoms with Crippen molar-refractivity contribution in [2.45, 2.75) is 35.1 Å². The van der Waals surface area contributed by atoms with Crippen LogP contribution < -0.4 is 10.1 Å². The SMILES string of the molecule is COc1cc(S(=O)(=O)c2cccc(C3CCOC3)c2)cc2c3c(oc12)CCNC3.Cl. The van der Waals surface area contributed by atoms with Gasteiger partial charge in [0.15, 0.2) is 11.3 Å². The molecule has 2 aliphatic heterocycles. The minimum atomic E-state index is -3.70. The van der Waals surface area contributed by atoms with E-state index in [1.807, 2.05) is 6.07 Å². The van der Waals surface area contributed by atoms with Gasteiger partial charge in [-0.25, -0.2) is 8.42 Å². The van der Waals surface area contributed by atoms with Crippen LogP contribution in [0.3, 0.4) is 0 Å². The van der Waals surface area contributed by atoms with Gasteiger partial charge in [-0.1, -0.05) is 12.1 Å². The van der Waals surface area contributed by atoms with Crippen LogP contribution in [-0.2, 0) is 27.5 Å². The van der Waals surface area contributed by atoms with Crippen molar-refractivity contribution < 1.29 is 22.3 Å². The first-order valence-electron chi connectivity index (χ1n) is 9.84. The van der Waals surface area contributed by atoms with E-state index < -0.39 is 9.84 Å². The molecule has 5 rings (SSSR count). The summed E-state index contributed by atoms with van der Waals surface area (Å²) in [6.07, 6.45) is 1.69. The van der Waals surface area contributed by atoms with E-state index in [1.165, 1.54) is 7.11 Å². The average molecular weight is 450 g/mol. The van der Waals surface area contributed by atoms with Gasteiger partial charge in [-0.15, -0.1) is 12.4 Å². The fourth-order valence-corrected chi connectivity index (χ4v) is 5.58. The van der Waals surface area contributed by atoms with E-state index in [0.29, 0.717) is 29.4 Å². The number of rotatable bonds is 4. The number of halogens is 1. The molecule has 1 atom stereocenters. The largest absolute Gasteiger partial charge is 0.493 e. The summed E-state index contributed by atoms with van der Waals surface area (Å²) in [5, 5.41) is 4.12. The molecule has 1 fully saturated rings. The molecule has 1 N–H and O–H groups in total. The average Bonchev–Trinajstić information content (AvgIpc) is 3.41. The quantitative estimate of drug-likeness (QED) is 0.652. The molecule has 2 aliphatic rings. The van der Waals surface area contributed by atoms with E-state index in [9.17, 15) is 8.42 Å². The second-order valence-electron chi connectivity index (χ2n) is 7.57. The van der Waals surface area contributed by atoms with Gasteiger partial charge in [0.25, 0.3) is 0 Å². The molecule has 0 saturated carbocycles. The third-order valence-electron chi connectivity index (χ3n) is 5.85. The summed E-state index contributed by atoms with van der Waals surface area (Å²) in [4.78, 5) is 0.509. The Kier molecular flexibility index (Phi) is 5.81. The zero-order valence-electron chi connectivity index (χ0n) is 16.6. The van der Waals surface area contributed by atoms with Crippen LogP contribution in [0.15, 0.2) is 50.6 Å². The summed E-state index contributed by atoms with van der Waals surface area (Å²) in [5.74, 6) is 1.58. The number of sulfone groups is 1. The van der Waals surface area contributed by atoms with Crippen molar-refractivity contribution in [3.05, 3.63) is 53.3 Å². The van der Waals surface area contributed by atoms with Crippen molar-refractivity contribution >= 4 is 33.2 Å². The molecule has 160 valence electrons. The minimum Gasteiger partial charge on any atom is -0.493 e. The molecule has 1 unspecified atom stereocenters. The van der Waals surface area contributed by atoms with E-state index in [4.69, 9.17) is 13.9 Å². The second-order valence-corrected chi connectivity index (χ2v) is 9.52. The van der Waals surface area contributed by atoms with Crippen molar-refractivity contribution in [2.75, 3.05) is 26.9 Å². The maximum Gasteiger partial charge on any atom is 0.206 e. The fourth-order valence-electron chi connectivity index (χ4n) is 4.23. The Labute approximate surface area is 181 Å². The fraction of sp³-hybridized carbons (Fsp3) is 0.364. The van der Waals surface area contributed by atoms with Crippen molar-refractivity contribution in [1.29, 1.82) is 0 Å². The summed E-state index contributed by atoms with van der Waals surface area (Å²) in [6.45, 7) is 2.86. The Morgan fingerprint density at radius 1 is 1.17 bits per heavy atom. The van der Waals surface area contributed by atoms with Gasteiger partial charge in [-0.3, -0.25) is 0 Å². The lowest BCUT2D eigenvalue weighted by atomic mass is 9.99. The molecule has 1 aromatic heterocycles. The van der Waals surface area contributed by atoms with Gasteiger partial charge in [-0.2, -0.15) is 0 Å². The molecule has 0 radical (unpaired) electrons. The Hall–Kier alpha value is -2.06. The Balaban J connectivity index is 0.00000218. The van der Waals surface area contributed by atoms with Crippen LogP contribution in [0.2, 0.25) is 0 Å². The van der Waals surface area contributed by atoms with Gasteiger partial charge in [0.2, 0.25) is 9.84 Å². The number of methoxy groups -OCH3 is 1. The van der Waals surface area contributed by atoms with E-state index >= 15 is 0 Å². The first-order valence-corrected chi connectivity index (χ1v) is 11.3. The van der Waals surface area contributed by atoms with Gasteiger partial charge in [0.05, 0.1) is 23.5 Å². The minimum absolute atomic E-state index is 0.